The first kappa shape index (κ1) is 12.5. The molecule has 4 unspecified atom stereocenters. The average Bonchev–Trinajstić information content (AvgIpc) is 2.99. The topological polar surface area (TPSA) is 26.0 Å². The van der Waals surface area contributed by atoms with Gasteiger partial charge in [0, 0.05) is 5.02 Å². The van der Waals surface area contributed by atoms with Crippen molar-refractivity contribution in [2.75, 3.05) is 6.54 Å². The molecule has 2 saturated carbocycles. The first-order chi connectivity index (χ1) is 8.76. The first-order valence-corrected chi connectivity index (χ1v) is 7.59. The van der Waals surface area contributed by atoms with Gasteiger partial charge in [0.2, 0.25) is 0 Å². The molecule has 18 heavy (non-hydrogen) atoms. The minimum Gasteiger partial charge on any atom is -0.330 e. The number of hydrogen-bond acceptors (Lipinski definition) is 1. The van der Waals surface area contributed by atoms with E-state index in [1.165, 1.54) is 37.7 Å². The summed E-state index contributed by atoms with van der Waals surface area (Å²) in [6.45, 7) is 0.759. The smallest absolute Gasteiger partial charge is 0.0406 e. The summed E-state index contributed by atoms with van der Waals surface area (Å²) < 4.78 is 0. The zero-order valence-corrected chi connectivity index (χ0v) is 11.6. The molecular weight excluding hydrogens is 242 g/mol. The maximum absolute atomic E-state index is 5.99. The van der Waals surface area contributed by atoms with E-state index >= 15 is 0 Å². The van der Waals surface area contributed by atoms with Gasteiger partial charge in [-0.2, -0.15) is 0 Å². The number of halogens is 1. The van der Waals surface area contributed by atoms with Gasteiger partial charge in [-0.1, -0.05) is 30.2 Å². The zero-order chi connectivity index (χ0) is 12.5. The fourth-order valence-electron chi connectivity index (χ4n) is 4.13. The van der Waals surface area contributed by atoms with Gasteiger partial charge in [-0.05, 0) is 73.6 Å². The average molecular weight is 264 g/mol. The van der Waals surface area contributed by atoms with E-state index in [2.05, 4.69) is 12.1 Å². The summed E-state index contributed by atoms with van der Waals surface area (Å²) in [5, 5.41) is 0.814. The molecule has 2 fully saturated rings. The van der Waals surface area contributed by atoms with Gasteiger partial charge >= 0.3 is 0 Å². The highest BCUT2D eigenvalue weighted by atomic mass is 35.5. The van der Waals surface area contributed by atoms with E-state index in [-0.39, 0.29) is 0 Å². The van der Waals surface area contributed by atoms with E-state index in [0.717, 1.165) is 29.3 Å². The van der Waals surface area contributed by atoms with Gasteiger partial charge < -0.3 is 5.73 Å². The zero-order valence-electron chi connectivity index (χ0n) is 10.8. The SMILES string of the molecule is NCC(CC1CC2CCC1C2)c1ccc(Cl)cc1. The second-order valence-corrected chi connectivity index (χ2v) is 6.59. The maximum Gasteiger partial charge on any atom is 0.0406 e. The van der Waals surface area contributed by atoms with Crippen LogP contribution in [0, 0.1) is 17.8 Å². The Hall–Kier alpha value is -0.530. The van der Waals surface area contributed by atoms with Gasteiger partial charge in [0.15, 0.2) is 0 Å². The molecule has 0 spiro atoms. The molecule has 0 saturated heterocycles. The van der Waals surface area contributed by atoms with Crippen molar-refractivity contribution in [3.63, 3.8) is 0 Å². The van der Waals surface area contributed by atoms with Crippen LogP contribution in [-0.2, 0) is 0 Å². The Morgan fingerprint density at radius 1 is 1.17 bits per heavy atom. The summed E-state index contributed by atoms with van der Waals surface area (Å²) in [7, 11) is 0. The Morgan fingerprint density at radius 2 is 1.94 bits per heavy atom. The van der Waals surface area contributed by atoms with Crippen molar-refractivity contribution in [3.05, 3.63) is 34.9 Å². The predicted molar refractivity (Wildman–Crippen MR) is 76.8 cm³/mol. The van der Waals surface area contributed by atoms with Crippen LogP contribution >= 0.6 is 11.6 Å². The van der Waals surface area contributed by atoms with Crippen LogP contribution in [0.2, 0.25) is 5.02 Å². The molecule has 0 aliphatic heterocycles. The summed E-state index contributed by atoms with van der Waals surface area (Å²) in [4.78, 5) is 0. The van der Waals surface area contributed by atoms with Gasteiger partial charge in [0.25, 0.3) is 0 Å². The van der Waals surface area contributed by atoms with E-state index in [0.29, 0.717) is 5.92 Å². The molecule has 0 heterocycles. The lowest BCUT2D eigenvalue weighted by Crippen LogP contribution is -2.19. The highest BCUT2D eigenvalue weighted by Gasteiger charge is 2.40. The number of benzene rings is 1. The van der Waals surface area contributed by atoms with Crippen LogP contribution in [0.3, 0.4) is 0 Å². The van der Waals surface area contributed by atoms with Crippen molar-refractivity contribution in [1.29, 1.82) is 0 Å². The molecule has 4 atom stereocenters. The lowest BCUT2D eigenvalue weighted by atomic mass is 9.80. The molecule has 3 rings (SSSR count). The fraction of sp³-hybridized carbons (Fsp3) is 0.625. The molecule has 98 valence electrons. The Kier molecular flexibility index (Phi) is 3.63. The Morgan fingerprint density at radius 3 is 2.50 bits per heavy atom. The third-order valence-corrected chi connectivity index (χ3v) is 5.35. The van der Waals surface area contributed by atoms with Gasteiger partial charge in [-0.25, -0.2) is 0 Å². The van der Waals surface area contributed by atoms with Crippen LogP contribution in [0.1, 0.15) is 43.6 Å². The van der Waals surface area contributed by atoms with Crippen molar-refractivity contribution in [2.45, 2.75) is 38.0 Å². The molecular formula is C16H22ClN. The molecule has 0 radical (unpaired) electrons. The molecule has 2 bridgehead atoms. The third kappa shape index (κ3) is 2.44. The molecule has 0 aromatic heterocycles. The quantitative estimate of drug-likeness (QED) is 0.865. The van der Waals surface area contributed by atoms with Crippen LogP contribution < -0.4 is 5.73 Å². The Balaban J connectivity index is 1.67. The van der Waals surface area contributed by atoms with Gasteiger partial charge in [-0.15, -0.1) is 0 Å². The number of fused-ring (bicyclic) bond motifs is 2. The van der Waals surface area contributed by atoms with Crippen LogP contribution in [0.4, 0.5) is 0 Å². The molecule has 1 aromatic carbocycles. The molecule has 2 aliphatic rings. The molecule has 1 aromatic rings. The molecule has 2 aliphatic carbocycles. The summed E-state index contributed by atoms with van der Waals surface area (Å²) in [5.41, 5.74) is 7.35. The van der Waals surface area contributed by atoms with Crippen LogP contribution in [0.15, 0.2) is 24.3 Å². The lowest BCUT2D eigenvalue weighted by Gasteiger charge is -2.26. The van der Waals surface area contributed by atoms with E-state index < -0.39 is 0 Å². The molecule has 2 N–H and O–H groups in total. The lowest BCUT2D eigenvalue weighted by molar-refractivity contribution is 0.296. The molecule has 1 nitrogen and oxygen atoms in total. The predicted octanol–water partition coefficient (Wildman–Crippen LogP) is 4.21. The molecule has 2 heteroatoms. The normalized spacial score (nSPS) is 31.8. The Bertz CT molecular complexity index is 400. The van der Waals surface area contributed by atoms with Crippen LogP contribution in [-0.4, -0.2) is 6.54 Å². The minimum atomic E-state index is 0.520. The second kappa shape index (κ2) is 5.22. The fourth-order valence-corrected chi connectivity index (χ4v) is 4.26. The van der Waals surface area contributed by atoms with E-state index in [9.17, 15) is 0 Å². The van der Waals surface area contributed by atoms with Crippen molar-refractivity contribution in [1.82, 2.24) is 0 Å². The maximum atomic E-state index is 5.99. The largest absolute Gasteiger partial charge is 0.330 e. The Labute approximate surface area is 115 Å². The first-order valence-electron chi connectivity index (χ1n) is 7.21. The van der Waals surface area contributed by atoms with Gasteiger partial charge in [0.05, 0.1) is 0 Å². The van der Waals surface area contributed by atoms with Crippen molar-refractivity contribution < 1.29 is 0 Å². The highest BCUT2D eigenvalue weighted by Crippen LogP contribution is 2.51. The number of rotatable bonds is 4. The summed E-state index contributed by atoms with van der Waals surface area (Å²) in [6.07, 6.45) is 7.17. The van der Waals surface area contributed by atoms with E-state index in [1.807, 2.05) is 12.1 Å². The van der Waals surface area contributed by atoms with E-state index in [1.54, 1.807) is 0 Å². The second-order valence-electron chi connectivity index (χ2n) is 6.15. The van der Waals surface area contributed by atoms with Crippen LogP contribution in [0.25, 0.3) is 0 Å². The van der Waals surface area contributed by atoms with Crippen molar-refractivity contribution in [2.24, 2.45) is 23.5 Å². The third-order valence-electron chi connectivity index (χ3n) is 5.10. The number of nitrogens with two attached hydrogens (primary N) is 1. The minimum absolute atomic E-state index is 0.520. The van der Waals surface area contributed by atoms with Crippen molar-refractivity contribution >= 4 is 11.6 Å². The van der Waals surface area contributed by atoms with Gasteiger partial charge in [0.1, 0.15) is 0 Å². The van der Waals surface area contributed by atoms with Crippen molar-refractivity contribution in [3.8, 4) is 0 Å². The van der Waals surface area contributed by atoms with E-state index in [4.69, 9.17) is 17.3 Å². The monoisotopic (exact) mass is 263 g/mol. The van der Waals surface area contributed by atoms with Crippen LogP contribution in [0.5, 0.6) is 0 Å². The standard InChI is InChI=1S/C16H22ClN/c17-16-5-3-12(4-6-16)15(10-18)9-14-8-11-1-2-13(14)7-11/h3-6,11,13-15H,1-2,7-10,18H2. The highest BCUT2D eigenvalue weighted by molar-refractivity contribution is 6.30. The number of hydrogen-bond donors (Lipinski definition) is 1. The summed E-state index contributed by atoms with van der Waals surface area (Å²) >= 11 is 5.95. The summed E-state index contributed by atoms with van der Waals surface area (Å²) in [5.74, 6) is 3.47. The van der Waals surface area contributed by atoms with Gasteiger partial charge in [-0.3, -0.25) is 0 Å². The molecule has 0 amide bonds. The summed E-state index contributed by atoms with van der Waals surface area (Å²) in [6, 6.07) is 8.26.